The summed E-state index contributed by atoms with van der Waals surface area (Å²) in [5.74, 6) is 1.41. The average Bonchev–Trinajstić information content (AvgIpc) is 2.12. The zero-order valence-corrected chi connectivity index (χ0v) is 8.99. The summed E-state index contributed by atoms with van der Waals surface area (Å²) in [5.41, 5.74) is 0. The van der Waals surface area contributed by atoms with Gasteiger partial charge in [0, 0.05) is 12.2 Å². The molecule has 0 atom stereocenters. The van der Waals surface area contributed by atoms with Gasteiger partial charge in [0.05, 0.1) is 7.11 Å². The van der Waals surface area contributed by atoms with Gasteiger partial charge in [-0.1, -0.05) is 6.92 Å². The maximum Gasteiger partial charge on any atom is 0.313 e. The van der Waals surface area contributed by atoms with Crippen molar-refractivity contribution in [3.8, 4) is 0 Å². The molecule has 76 valence electrons. The molecule has 0 rings (SSSR count). The third-order valence-electron chi connectivity index (χ3n) is 1.44. The number of carbonyl (C=O) groups is 2. The lowest BCUT2D eigenvalue weighted by Gasteiger charge is -1.99. The number of rotatable bonds is 7. The Morgan fingerprint density at radius 2 is 2.00 bits per heavy atom. The molecule has 0 bridgehead atoms. The van der Waals surface area contributed by atoms with Crippen LogP contribution in [0.4, 0.5) is 0 Å². The number of carbonyl (C=O) groups excluding carboxylic acids is 2. The summed E-state index contributed by atoms with van der Waals surface area (Å²) in [5, 5.41) is 0. The average molecular weight is 204 g/mol. The Morgan fingerprint density at radius 3 is 2.54 bits per heavy atom. The highest BCUT2D eigenvalue weighted by Gasteiger charge is 2.08. The summed E-state index contributed by atoms with van der Waals surface area (Å²) in [7, 11) is 1.29. The number of thioether (sulfide) groups is 1. The van der Waals surface area contributed by atoms with Crippen LogP contribution in [0.1, 0.15) is 26.2 Å². The van der Waals surface area contributed by atoms with E-state index < -0.39 is 5.97 Å². The highest BCUT2D eigenvalue weighted by molar-refractivity contribution is 7.99. The van der Waals surface area contributed by atoms with Gasteiger partial charge in [-0.15, -0.1) is 0 Å². The van der Waals surface area contributed by atoms with Crippen LogP contribution in [0.3, 0.4) is 0 Å². The molecule has 0 radical (unpaired) electrons. The molecule has 0 spiro atoms. The van der Waals surface area contributed by atoms with Gasteiger partial charge in [-0.25, -0.2) is 0 Å². The number of hydrogen-bond acceptors (Lipinski definition) is 4. The number of hydrogen-bond donors (Lipinski definition) is 0. The molecule has 0 aromatic heterocycles. The van der Waals surface area contributed by atoms with Gasteiger partial charge in [-0.05, 0) is 12.2 Å². The monoisotopic (exact) mass is 204 g/mol. The van der Waals surface area contributed by atoms with Gasteiger partial charge in [0.1, 0.15) is 12.2 Å². The first-order valence-corrected chi connectivity index (χ1v) is 5.52. The largest absolute Gasteiger partial charge is 0.469 e. The Kier molecular flexibility index (Phi) is 7.79. The molecule has 0 heterocycles. The molecule has 0 aliphatic heterocycles. The molecule has 0 N–H and O–H groups in total. The molecule has 0 aromatic rings. The molecule has 0 aliphatic carbocycles. The van der Waals surface area contributed by atoms with Gasteiger partial charge >= 0.3 is 5.97 Å². The van der Waals surface area contributed by atoms with Crippen LogP contribution in [0.2, 0.25) is 0 Å². The van der Waals surface area contributed by atoms with Crippen LogP contribution in [0.15, 0.2) is 0 Å². The van der Waals surface area contributed by atoms with Gasteiger partial charge in [-0.2, -0.15) is 11.8 Å². The Bertz CT molecular complexity index is 168. The fraction of sp³-hybridized carbons (Fsp3) is 0.778. The van der Waals surface area contributed by atoms with E-state index in [4.69, 9.17) is 0 Å². The number of ketones is 1. The fourth-order valence-corrected chi connectivity index (χ4v) is 1.62. The topological polar surface area (TPSA) is 43.4 Å². The van der Waals surface area contributed by atoms with E-state index in [2.05, 4.69) is 11.7 Å². The normalized spacial score (nSPS) is 9.69. The van der Waals surface area contributed by atoms with E-state index in [0.29, 0.717) is 6.42 Å². The van der Waals surface area contributed by atoms with E-state index in [0.717, 1.165) is 17.9 Å². The first-order chi connectivity index (χ1) is 6.20. The predicted octanol–water partition coefficient (Wildman–Crippen LogP) is 1.65. The molecule has 0 saturated heterocycles. The predicted molar refractivity (Wildman–Crippen MR) is 53.9 cm³/mol. The van der Waals surface area contributed by atoms with Crippen LogP contribution in [-0.4, -0.2) is 30.4 Å². The summed E-state index contributed by atoms with van der Waals surface area (Å²) in [6.45, 7) is 2.10. The van der Waals surface area contributed by atoms with Crippen molar-refractivity contribution in [2.45, 2.75) is 26.2 Å². The molecule has 0 amide bonds. The molecule has 13 heavy (non-hydrogen) atoms. The summed E-state index contributed by atoms with van der Waals surface area (Å²) >= 11 is 1.74. The highest BCUT2D eigenvalue weighted by atomic mass is 32.2. The molecule has 0 fully saturated rings. The minimum Gasteiger partial charge on any atom is -0.469 e. The van der Waals surface area contributed by atoms with Gasteiger partial charge in [0.2, 0.25) is 0 Å². The smallest absolute Gasteiger partial charge is 0.313 e. The lowest BCUT2D eigenvalue weighted by molar-refractivity contribution is -0.143. The van der Waals surface area contributed by atoms with Gasteiger partial charge in [0.15, 0.2) is 0 Å². The molecular formula is C9H16O3S. The van der Waals surface area contributed by atoms with E-state index in [9.17, 15) is 9.59 Å². The van der Waals surface area contributed by atoms with Crippen molar-refractivity contribution in [3.63, 3.8) is 0 Å². The zero-order valence-electron chi connectivity index (χ0n) is 8.17. The maximum atomic E-state index is 11.1. The Hall–Kier alpha value is -0.510. The van der Waals surface area contributed by atoms with Gasteiger partial charge in [0.25, 0.3) is 0 Å². The summed E-state index contributed by atoms with van der Waals surface area (Å²) in [6, 6.07) is 0. The zero-order chi connectivity index (χ0) is 10.1. The molecule has 0 aliphatic rings. The second-order valence-electron chi connectivity index (χ2n) is 2.65. The van der Waals surface area contributed by atoms with Crippen LogP contribution in [-0.2, 0) is 14.3 Å². The summed E-state index contributed by atoms with van der Waals surface area (Å²) in [4.78, 5) is 21.7. The lowest BCUT2D eigenvalue weighted by Crippen LogP contribution is -2.09. The van der Waals surface area contributed by atoms with Crippen molar-refractivity contribution in [3.05, 3.63) is 0 Å². The Morgan fingerprint density at radius 1 is 1.31 bits per heavy atom. The van der Waals surface area contributed by atoms with Crippen molar-refractivity contribution in [1.82, 2.24) is 0 Å². The number of esters is 1. The van der Waals surface area contributed by atoms with Crippen LogP contribution >= 0.6 is 11.8 Å². The number of Topliss-reactive ketones (excluding diaryl/α,β-unsaturated/α-hetero) is 1. The summed E-state index contributed by atoms with van der Waals surface area (Å²) in [6.07, 6.45) is 1.51. The minimum atomic E-state index is -0.439. The first kappa shape index (κ1) is 12.5. The van der Waals surface area contributed by atoms with Gasteiger partial charge < -0.3 is 4.74 Å². The second-order valence-corrected chi connectivity index (χ2v) is 3.88. The maximum absolute atomic E-state index is 11.1. The Balaban J connectivity index is 3.35. The van der Waals surface area contributed by atoms with Crippen molar-refractivity contribution in [2.24, 2.45) is 0 Å². The van der Waals surface area contributed by atoms with Crippen LogP contribution in [0.25, 0.3) is 0 Å². The number of ether oxygens (including phenoxy) is 1. The molecule has 0 unspecified atom stereocenters. The minimum absolute atomic E-state index is 0.0320. The van der Waals surface area contributed by atoms with E-state index >= 15 is 0 Å². The number of methoxy groups -OCH3 is 1. The van der Waals surface area contributed by atoms with E-state index in [1.54, 1.807) is 11.8 Å². The highest BCUT2D eigenvalue weighted by Crippen LogP contribution is 2.05. The van der Waals surface area contributed by atoms with Crippen LogP contribution in [0.5, 0.6) is 0 Å². The van der Waals surface area contributed by atoms with Crippen LogP contribution in [0, 0.1) is 0 Å². The van der Waals surface area contributed by atoms with Gasteiger partial charge in [-0.3, -0.25) is 9.59 Å². The van der Waals surface area contributed by atoms with Crippen molar-refractivity contribution in [2.75, 3.05) is 18.6 Å². The third kappa shape index (κ3) is 7.84. The fourth-order valence-electron chi connectivity index (χ4n) is 0.754. The van der Waals surface area contributed by atoms with Crippen molar-refractivity contribution >= 4 is 23.5 Å². The van der Waals surface area contributed by atoms with E-state index in [1.807, 2.05) is 0 Å². The standard InChI is InChI=1S/C9H16O3S/c1-3-5-13-6-4-8(10)7-9(11)12-2/h3-7H2,1-2H3. The molecule has 3 nitrogen and oxygen atoms in total. The van der Waals surface area contributed by atoms with E-state index in [-0.39, 0.29) is 12.2 Å². The molecule has 4 heteroatoms. The molecular weight excluding hydrogens is 188 g/mol. The van der Waals surface area contributed by atoms with Crippen molar-refractivity contribution < 1.29 is 14.3 Å². The van der Waals surface area contributed by atoms with E-state index in [1.165, 1.54) is 7.11 Å². The lowest BCUT2D eigenvalue weighted by atomic mass is 10.2. The first-order valence-electron chi connectivity index (χ1n) is 4.37. The second kappa shape index (κ2) is 8.10. The SMILES string of the molecule is CCCSCCC(=O)CC(=O)OC. The summed E-state index contributed by atoms with van der Waals surface area (Å²) < 4.78 is 4.38. The van der Waals surface area contributed by atoms with Crippen LogP contribution < -0.4 is 0 Å². The quantitative estimate of drug-likeness (QED) is 0.359. The third-order valence-corrected chi connectivity index (χ3v) is 2.63. The molecule has 0 aromatic carbocycles. The molecule has 0 saturated carbocycles. The van der Waals surface area contributed by atoms with Crippen molar-refractivity contribution in [1.29, 1.82) is 0 Å². The Labute approximate surface area is 83.2 Å².